The van der Waals surface area contributed by atoms with Crippen molar-refractivity contribution in [2.24, 2.45) is 11.7 Å². The maximum atomic E-state index is 6.67. The Bertz CT molecular complexity index is 492. The summed E-state index contributed by atoms with van der Waals surface area (Å²) in [5, 5.41) is 0. The highest BCUT2D eigenvalue weighted by molar-refractivity contribution is 5.45. The zero-order valence-electron chi connectivity index (χ0n) is 14.9. The number of benzene rings is 1. The first kappa shape index (κ1) is 17.3. The van der Waals surface area contributed by atoms with Gasteiger partial charge in [0.1, 0.15) is 11.4 Å². The molecular weight excluding hydrogens is 272 g/mol. The largest absolute Gasteiger partial charge is 0.487 e. The highest BCUT2D eigenvalue weighted by Crippen LogP contribution is 2.44. The molecule has 0 saturated heterocycles. The zero-order valence-corrected chi connectivity index (χ0v) is 14.9. The summed E-state index contributed by atoms with van der Waals surface area (Å²) in [4.78, 5) is 2.54. The fourth-order valence-electron chi connectivity index (χ4n) is 3.60. The van der Waals surface area contributed by atoms with Gasteiger partial charge in [-0.05, 0) is 52.3 Å². The number of aryl methyl sites for hydroxylation is 1. The average molecular weight is 304 g/mol. The van der Waals surface area contributed by atoms with E-state index < -0.39 is 0 Å². The molecule has 124 valence electrons. The molecule has 0 radical (unpaired) electrons. The van der Waals surface area contributed by atoms with Crippen LogP contribution >= 0.6 is 0 Å². The van der Waals surface area contributed by atoms with Crippen molar-refractivity contribution < 1.29 is 4.74 Å². The minimum atomic E-state index is -0.238. The number of nitrogens with zero attached hydrogens (tertiary/aromatic N) is 1. The summed E-state index contributed by atoms with van der Waals surface area (Å²) in [7, 11) is 0. The molecule has 3 heteroatoms. The second-order valence-electron chi connectivity index (χ2n) is 7.13. The van der Waals surface area contributed by atoms with E-state index in [1.54, 1.807) is 0 Å². The molecule has 0 amide bonds. The number of ether oxygens (including phenoxy) is 1. The Balaban J connectivity index is 2.27. The van der Waals surface area contributed by atoms with Gasteiger partial charge in [-0.2, -0.15) is 0 Å². The standard InChI is InChI=1S/C19H32N2O/c1-6-11-21(12-7-2)13-16-17(20)15-10-8-9-14(3)18(15)22-19(16,4)5/h8-10,16-17H,6-7,11-13,20H2,1-5H3. The van der Waals surface area contributed by atoms with Crippen LogP contribution in [-0.4, -0.2) is 30.1 Å². The van der Waals surface area contributed by atoms with E-state index in [1.807, 2.05) is 0 Å². The van der Waals surface area contributed by atoms with E-state index in [-0.39, 0.29) is 11.6 Å². The Labute approximate surface area is 135 Å². The van der Waals surface area contributed by atoms with E-state index in [4.69, 9.17) is 10.5 Å². The Morgan fingerprint density at radius 3 is 2.41 bits per heavy atom. The van der Waals surface area contributed by atoms with Crippen molar-refractivity contribution in [3.63, 3.8) is 0 Å². The van der Waals surface area contributed by atoms with Crippen LogP contribution in [0, 0.1) is 12.8 Å². The van der Waals surface area contributed by atoms with Crippen molar-refractivity contribution in [3.8, 4) is 5.75 Å². The second kappa shape index (κ2) is 7.01. The van der Waals surface area contributed by atoms with E-state index in [0.29, 0.717) is 5.92 Å². The third-order valence-electron chi connectivity index (χ3n) is 4.83. The van der Waals surface area contributed by atoms with Gasteiger partial charge in [-0.1, -0.05) is 32.0 Å². The van der Waals surface area contributed by atoms with Gasteiger partial charge in [-0.3, -0.25) is 0 Å². The molecule has 0 bridgehead atoms. The molecule has 0 aromatic heterocycles. The summed E-state index contributed by atoms with van der Waals surface area (Å²) >= 11 is 0. The number of fused-ring (bicyclic) bond motifs is 1. The Hall–Kier alpha value is -1.06. The summed E-state index contributed by atoms with van der Waals surface area (Å²) in [6.07, 6.45) is 2.36. The molecule has 2 rings (SSSR count). The van der Waals surface area contributed by atoms with E-state index >= 15 is 0 Å². The van der Waals surface area contributed by atoms with Crippen molar-refractivity contribution in [2.45, 2.75) is 59.1 Å². The SMILES string of the molecule is CCCN(CCC)CC1C(N)c2cccc(C)c2OC1(C)C. The van der Waals surface area contributed by atoms with Gasteiger partial charge in [-0.25, -0.2) is 0 Å². The van der Waals surface area contributed by atoms with Gasteiger partial charge >= 0.3 is 0 Å². The van der Waals surface area contributed by atoms with Crippen LogP contribution in [0.4, 0.5) is 0 Å². The van der Waals surface area contributed by atoms with Gasteiger partial charge in [0, 0.05) is 24.1 Å². The number of para-hydroxylation sites is 1. The Kier molecular flexibility index (Phi) is 5.51. The quantitative estimate of drug-likeness (QED) is 0.866. The second-order valence-corrected chi connectivity index (χ2v) is 7.13. The van der Waals surface area contributed by atoms with Crippen molar-refractivity contribution in [1.82, 2.24) is 4.90 Å². The lowest BCUT2D eigenvalue weighted by Crippen LogP contribution is -2.52. The predicted octanol–water partition coefficient (Wildman–Crippen LogP) is 3.90. The van der Waals surface area contributed by atoms with Crippen LogP contribution in [0.15, 0.2) is 18.2 Å². The maximum Gasteiger partial charge on any atom is 0.127 e. The monoisotopic (exact) mass is 304 g/mol. The van der Waals surface area contributed by atoms with E-state index in [9.17, 15) is 0 Å². The van der Waals surface area contributed by atoms with Gasteiger partial charge in [0.05, 0.1) is 0 Å². The molecule has 0 fully saturated rings. The van der Waals surface area contributed by atoms with E-state index in [2.05, 4.69) is 57.7 Å². The summed E-state index contributed by atoms with van der Waals surface area (Å²) in [6.45, 7) is 14.2. The predicted molar refractivity (Wildman–Crippen MR) is 93.3 cm³/mol. The van der Waals surface area contributed by atoms with Crippen molar-refractivity contribution in [3.05, 3.63) is 29.3 Å². The van der Waals surface area contributed by atoms with Gasteiger partial charge in [-0.15, -0.1) is 0 Å². The number of hydrogen-bond acceptors (Lipinski definition) is 3. The smallest absolute Gasteiger partial charge is 0.127 e. The zero-order chi connectivity index (χ0) is 16.3. The van der Waals surface area contributed by atoms with Gasteiger partial charge in [0.15, 0.2) is 0 Å². The minimum Gasteiger partial charge on any atom is -0.487 e. The van der Waals surface area contributed by atoms with Crippen molar-refractivity contribution in [1.29, 1.82) is 0 Å². The first-order chi connectivity index (χ1) is 10.4. The third-order valence-corrected chi connectivity index (χ3v) is 4.83. The number of hydrogen-bond donors (Lipinski definition) is 1. The summed E-state index contributed by atoms with van der Waals surface area (Å²) in [6, 6.07) is 6.35. The van der Waals surface area contributed by atoms with Crippen LogP contribution in [0.2, 0.25) is 0 Å². The molecule has 0 spiro atoms. The molecule has 2 unspecified atom stereocenters. The van der Waals surface area contributed by atoms with Crippen LogP contribution < -0.4 is 10.5 Å². The van der Waals surface area contributed by atoms with E-state index in [0.717, 1.165) is 30.9 Å². The molecule has 2 atom stereocenters. The van der Waals surface area contributed by atoms with Crippen LogP contribution in [0.1, 0.15) is 57.7 Å². The number of rotatable bonds is 6. The van der Waals surface area contributed by atoms with Gasteiger partial charge < -0.3 is 15.4 Å². The molecule has 1 aliphatic rings. The molecule has 1 aromatic rings. The van der Waals surface area contributed by atoms with Crippen LogP contribution in [-0.2, 0) is 0 Å². The summed E-state index contributed by atoms with van der Waals surface area (Å²) in [5.41, 5.74) is 8.77. The summed E-state index contributed by atoms with van der Waals surface area (Å²) < 4.78 is 6.38. The maximum absolute atomic E-state index is 6.67. The third kappa shape index (κ3) is 3.47. The molecule has 0 saturated carbocycles. The highest BCUT2D eigenvalue weighted by Gasteiger charge is 2.43. The molecule has 1 aromatic carbocycles. The van der Waals surface area contributed by atoms with Crippen LogP contribution in [0.25, 0.3) is 0 Å². The molecule has 0 aliphatic carbocycles. The molecule has 1 heterocycles. The molecule has 2 N–H and O–H groups in total. The first-order valence-electron chi connectivity index (χ1n) is 8.67. The van der Waals surface area contributed by atoms with Crippen LogP contribution in [0.5, 0.6) is 5.75 Å². The van der Waals surface area contributed by atoms with Crippen LogP contribution in [0.3, 0.4) is 0 Å². The van der Waals surface area contributed by atoms with Gasteiger partial charge in [0.2, 0.25) is 0 Å². The Morgan fingerprint density at radius 1 is 1.18 bits per heavy atom. The van der Waals surface area contributed by atoms with Crippen molar-refractivity contribution in [2.75, 3.05) is 19.6 Å². The topological polar surface area (TPSA) is 38.5 Å². The lowest BCUT2D eigenvalue weighted by atomic mass is 9.78. The fraction of sp³-hybridized carbons (Fsp3) is 0.684. The normalized spacial score (nSPS) is 23.2. The van der Waals surface area contributed by atoms with Gasteiger partial charge in [0.25, 0.3) is 0 Å². The minimum absolute atomic E-state index is 0.0369. The summed E-state index contributed by atoms with van der Waals surface area (Å²) in [5.74, 6) is 1.30. The average Bonchev–Trinajstić information content (AvgIpc) is 2.45. The molecule has 1 aliphatic heterocycles. The fourth-order valence-corrected chi connectivity index (χ4v) is 3.60. The molecule has 3 nitrogen and oxygen atoms in total. The number of nitrogens with two attached hydrogens (primary N) is 1. The first-order valence-corrected chi connectivity index (χ1v) is 8.67. The highest BCUT2D eigenvalue weighted by atomic mass is 16.5. The molecular formula is C19H32N2O. The lowest BCUT2D eigenvalue weighted by Gasteiger charge is -2.46. The Morgan fingerprint density at radius 2 is 1.82 bits per heavy atom. The van der Waals surface area contributed by atoms with E-state index in [1.165, 1.54) is 18.4 Å². The molecule has 22 heavy (non-hydrogen) atoms. The van der Waals surface area contributed by atoms with Crippen molar-refractivity contribution >= 4 is 0 Å². The lowest BCUT2D eigenvalue weighted by molar-refractivity contribution is -0.00730.